The van der Waals surface area contributed by atoms with E-state index < -0.39 is 0 Å². The number of benzene rings is 2. The van der Waals surface area contributed by atoms with Crippen molar-refractivity contribution < 1.29 is 4.74 Å². The van der Waals surface area contributed by atoms with E-state index in [4.69, 9.17) is 4.74 Å². The molecule has 28 heavy (non-hydrogen) atoms. The van der Waals surface area contributed by atoms with Crippen molar-refractivity contribution >= 4 is 5.96 Å². The highest BCUT2D eigenvalue weighted by Crippen LogP contribution is 2.08. The summed E-state index contributed by atoms with van der Waals surface area (Å²) in [6, 6.07) is 20.2. The standard InChI is InChI=1S/C22H27N5O/c1-23-22(24-13-8-14-28-21-11-6-3-7-12-21)25-15-20-16-26-27(18-20)17-19-9-4-2-5-10-19/h2-7,9-12,16,18H,8,13-15,17H2,1H3,(H2,23,24,25). The van der Waals surface area contributed by atoms with Crippen LogP contribution in [0, 0.1) is 0 Å². The summed E-state index contributed by atoms with van der Waals surface area (Å²) in [6.45, 7) is 2.91. The van der Waals surface area contributed by atoms with Gasteiger partial charge in [0.15, 0.2) is 5.96 Å². The highest BCUT2D eigenvalue weighted by atomic mass is 16.5. The Kier molecular flexibility index (Phi) is 7.49. The molecule has 0 atom stereocenters. The van der Waals surface area contributed by atoms with Gasteiger partial charge in [-0.1, -0.05) is 48.5 Å². The minimum Gasteiger partial charge on any atom is -0.494 e. The lowest BCUT2D eigenvalue weighted by molar-refractivity contribution is 0.311. The number of aliphatic imine (C=N–C) groups is 1. The summed E-state index contributed by atoms with van der Waals surface area (Å²) in [7, 11) is 1.77. The molecule has 146 valence electrons. The van der Waals surface area contributed by atoms with E-state index in [0.29, 0.717) is 13.2 Å². The third-order valence-electron chi connectivity index (χ3n) is 4.18. The highest BCUT2D eigenvalue weighted by molar-refractivity contribution is 5.79. The first-order valence-electron chi connectivity index (χ1n) is 9.51. The zero-order chi connectivity index (χ0) is 19.4. The van der Waals surface area contributed by atoms with Crippen molar-refractivity contribution in [1.29, 1.82) is 0 Å². The second kappa shape index (κ2) is 10.8. The van der Waals surface area contributed by atoms with Crippen LogP contribution in [0.2, 0.25) is 0 Å². The van der Waals surface area contributed by atoms with Crippen LogP contribution in [0.1, 0.15) is 17.5 Å². The second-order valence-electron chi connectivity index (χ2n) is 6.40. The van der Waals surface area contributed by atoms with Gasteiger partial charge >= 0.3 is 0 Å². The van der Waals surface area contributed by atoms with E-state index in [1.54, 1.807) is 7.05 Å². The summed E-state index contributed by atoms with van der Waals surface area (Å²) in [5.41, 5.74) is 2.35. The van der Waals surface area contributed by atoms with Gasteiger partial charge < -0.3 is 15.4 Å². The van der Waals surface area contributed by atoms with Gasteiger partial charge in [-0.2, -0.15) is 5.10 Å². The Morgan fingerprint density at radius 3 is 2.50 bits per heavy atom. The van der Waals surface area contributed by atoms with Gasteiger partial charge in [0.25, 0.3) is 0 Å². The van der Waals surface area contributed by atoms with E-state index in [1.165, 1.54) is 5.56 Å². The summed E-state index contributed by atoms with van der Waals surface area (Å²) in [5.74, 6) is 1.67. The van der Waals surface area contributed by atoms with Crippen LogP contribution >= 0.6 is 0 Å². The van der Waals surface area contributed by atoms with Crippen LogP contribution in [-0.2, 0) is 13.1 Å². The molecule has 0 aliphatic carbocycles. The van der Waals surface area contributed by atoms with Gasteiger partial charge in [-0.3, -0.25) is 9.67 Å². The van der Waals surface area contributed by atoms with Crippen LogP contribution in [0.3, 0.4) is 0 Å². The maximum atomic E-state index is 5.69. The van der Waals surface area contributed by atoms with E-state index in [2.05, 4.69) is 39.1 Å². The van der Waals surface area contributed by atoms with Gasteiger partial charge in [-0.25, -0.2) is 0 Å². The first kappa shape index (κ1) is 19.5. The van der Waals surface area contributed by atoms with Gasteiger partial charge in [-0.05, 0) is 24.1 Å². The van der Waals surface area contributed by atoms with E-state index in [1.807, 2.05) is 59.4 Å². The van der Waals surface area contributed by atoms with Crippen molar-refractivity contribution in [3.63, 3.8) is 0 Å². The average Bonchev–Trinajstić information content (AvgIpc) is 3.19. The van der Waals surface area contributed by atoms with Gasteiger partial charge in [-0.15, -0.1) is 0 Å². The average molecular weight is 377 g/mol. The summed E-state index contributed by atoms with van der Waals surface area (Å²) < 4.78 is 7.64. The molecule has 0 fully saturated rings. The van der Waals surface area contributed by atoms with Gasteiger partial charge in [0, 0.05) is 31.9 Å². The first-order valence-corrected chi connectivity index (χ1v) is 9.51. The molecule has 0 amide bonds. The van der Waals surface area contributed by atoms with Crippen LogP contribution in [0.5, 0.6) is 5.75 Å². The number of ether oxygens (including phenoxy) is 1. The van der Waals surface area contributed by atoms with Crippen molar-refractivity contribution in [2.45, 2.75) is 19.5 Å². The predicted octanol–water partition coefficient (Wildman–Crippen LogP) is 3.07. The molecule has 0 saturated carbocycles. The number of hydrogen-bond donors (Lipinski definition) is 2. The molecular weight excluding hydrogens is 350 g/mol. The summed E-state index contributed by atoms with van der Waals surface area (Å²) in [5, 5.41) is 11.1. The lowest BCUT2D eigenvalue weighted by atomic mass is 10.2. The minimum atomic E-state index is 0.667. The maximum absolute atomic E-state index is 5.69. The van der Waals surface area contributed by atoms with Crippen LogP contribution < -0.4 is 15.4 Å². The van der Waals surface area contributed by atoms with Crippen molar-refractivity contribution in [3.8, 4) is 5.75 Å². The number of nitrogens with one attached hydrogen (secondary N) is 2. The topological polar surface area (TPSA) is 63.5 Å². The summed E-state index contributed by atoms with van der Waals surface area (Å²) in [4.78, 5) is 4.26. The lowest BCUT2D eigenvalue weighted by Gasteiger charge is -2.11. The molecule has 3 rings (SSSR count). The molecule has 1 aromatic heterocycles. The smallest absolute Gasteiger partial charge is 0.191 e. The van der Waals surface area contributed by atoms with Crippen LogP contribution in [-0.4, -0.2) is 35.9 Å². The lowest BCUT2D eigenvalue weighted by Crippen LogP contribution is -2.37. The highest BCUT2D eigenvalue weighted by Gasteiger charge is 2.02. The third kappa shape index (κ3) is 6.46. The van der Waals surface area contributed by atoms with Crippen LogP contribution in [0.15, 0.2) is 78.0 Å². The summed E-state index contributed by atoms with van der Waals surface area (Å²) >= 11 is 0. The SMILES string of the molecule is CN=C(NCCCOc1ccccc1)NCc1cnn(Cc2ccccc2)c1. The Labute approximate surface area is 166 Å². The number of rotatable bonds is 9. The van der Waals surface area contributed by atoms with Crippen LogP contribution in [0.4, 0.5) is 0 Å². The van der Waals surface area contributed by atoms with Gasteiger partial charge in [0.2, 0.25) is 0 Å². The molecule has 0 aliphatic heterocycles. The second-order valence-corrected chi connectivity index (χ2v) is 6.40. The van der Waals surface area contributed by atoms with E-state index >= 15 is 0 Å². The van der Waals surface area contributed by atoms with Crippen molar-refractivity contribution in [2.75, 3.05) is 20.2 Å². The van der Waals surface area contributed by atoms with E-state index in [0.717, 1.165) is 36.8 Å². The molecule has 6 nitrogen and oxygen atoms in total. The van der Waals surface area contributed by atoms with Crippen LogP contribution in [0.25, 0.3) is 0 Å². The molecule has 0 bridgehead atoms. The largest absolute Gasteiger partial charge is 0.494 e. The number of aromatic nitrogens is 2. The quantitative estimate of drug-likeness (QED) is 0.342. The molecule has 0 aliphatic rings. The molecule has 0 saturated heterocycles. The first-order chi connectivity index (χ1) is 13.8. The molecule has 1 heterocycles. The van der Waals surface area contributed by atoms with Crippen molar-refractivity contribution in [2.24, 2.45) is 4.99 Å². The molecule has 2 N–H and O–H groups in total. The van der Waals surface area contributed by atoms with E-state index in [-0.39, 0.29) is 0 Å². The van der Waals surface area contributed by atoms with Gasteiger partial charge in [0.05, 0.1) is 19.3 Å². The number of guanidine groups is 1. The molecule has 0 radical (unpaired) electrons. The van der Waals surface area contributed by atoms with Crippen molar-refractivity contribution in [1.82, 2.24) is 20.4 Å². The number of para-hydroxylation sites is 1. The zero-order valence-corrected chi connectivity index (χ0v) is 16.2. The van der Waals surface area contributed by atoms with Crippen molar-refractivity contribution in [3.05, 3.63) is 84.2 Å². The Morgan fingerprint density at radius 1 is 1.00 bits per heavy atom. The Balaban J connectivity index is 1.35. The predicted molar refractivity (Wildman–Crippen MR) is 113 cm³/mol. The monoisotopic (exact) mass is 377 g/mol. The molecular formula is C22H27N5O. The number of hydrogen-bond acceptors (Lipinski definition) is 3. The molecule has 0 unspecified atom stereocenters. The molecule has 6 heteroatoms. The maximum Gasteiger partial charge on any atom is 0.191 e. The molecule has 3 aromatic rings. The Morgan fingerprint density at radius 2 is 1.75 bits per heavy atom. The molecule has 0 spiro atoms. The fourth-order valence-electron chi connectivity index (χ4n) is 2.75. The number of nitrogens with zero attached hydrogens (tertiary/aromatic N) is 3. The minimum absolute atomic E-state index is 0.667. The van der Waals surface area contributed by atoms with E-state index in [9.17, 15) is 0 Å². The molecule has 2 aromatic carbocycles. The Hall–Kier alpha value is -3.28. The third-order valence-corrected chi connectivity index (χ3v) is 4.18. The fraction of sp³-hybridized carbons (Fsp3) is 0.273. The summed E-state index contributed by atoms with van der Waals surface area (Å²) in [6.07, 6.45) is 4.84. The normalized spacial score (nSPS) is 11.2. The Bertz CT molecular complexity index is 846. The zero-order valence-electron chi connectivity index (χ0n) is 16.2. The fourth-order valence-corrected chi connectivity index (χ4v) is 2.75. The van der Waals surface area contributed by atoms with Gasteiger partial charge in [0.1, 0.15) is 5.75 Å².